The van der Waals surface area contributed by atoms with E-state index in [1.165, 1.54) is 11.1 Å². The van der Waals surface area contributed by atoms with Crippen molar-refractivity contribution >= 4 is 15.9 Å². The summed E-state index contributed by atoms with van der Waals surface area (Å²) in [6.45, 7) is 8.92. The Morgan fingerprint density at radius 3 is 2.12 bits per heavy atom. The maximum Gasteiger partial charge on any atom is 0.120 e. The molecule has 1 unspecified atom stereocenters. The predicted molar refractivity (Wildman–Crippen MR) is 71.9 cm³/mol. The van der Waals surface area contributed by atoms with Crippen molar-refractivity contribution in [2.24, 2.45) is 11.7 Å². The number of hydrogen-bond donors (Lipinski definition) is 1. The van der Waals surface area contributed by atoms with Crippen LogP contribution in [-0.4, -0.2) is 12.6 Å². The maximum absolute atomic E-state index is 5.90. The van der Waals surface area contributed by atoms with Crippen LogP contribution >= 0.6 is 15.9 Å². The summed E-state index contributed by atoms with van der Waals surface area (Å²) in [5.41, 5.74) is 8.07. The van der Waals surface area contributed by atoms with E-state index < -0.39 is 0 Å². The van der Waals surface area contributed by atoms with Crippen LogP contribution in [0.1, 0.15) is 25.0 Å². The Morgan fingerprint density at radius 2 is 1.75 bits per heavy atom. The second kappa shape index (κ2) is 5.69. The Hall–Kier alpha value is -0.540. The van der Waals surface area contributed by atoms with Crippen molar-refractivity contribution in [3.8, 4) is 5.75 Å². The summed E-state index contributed by atoms with van der Waals surface area (Å²) in [7, 11) is 0. The quantitative estimate of drug-likeness (QED) is 0.920. The zero-order valence-electron chi connectivity index (χ0n) is 10.4. The molecule has 0 bridgehead atoms. The molecule has 0 saturated carbocycles. The molecule has 0 aliphatic heterocycles. The smallest absolute Gasteiger partial charge is 0.120 e. The zero-order valence-corrected chi connectivity index (χ0v) is 12.0. The molecule has 1 aromatic rings. The minimum atomic E-state index is 0.0833. The average Bonchev–Trinajstić information content (AvgIpc) is 2.21. The number of hydrogen-bond acceptors (Lipinski definition) is 2. The van der Waals surface area contributed by atoms with Crippen molar-refractivity contribution in [3.63, 3.8) is 0 Å². The summed E-state index contributed by atoms with van der Waals surface area (Å²) in [4.78, 5) is 0. The molecular weight excluding hydrogens is 266 g/mol. The lowest BCUT2D eigenvalue weighted by atomic mass is 10.1. The average molecular weight is 286 g/mol. The molecular formula is C13H20BrNO. The Labute approximate surface area is 106 Å². The van der Waals surface area contributed by atoms with Crippen LogP contribution in [0.2, 0.25) is 0 Å². The molecule has 2 N–H and O–H groups in total. The second-order valence-corrected chi connectivity index (χ2v) is 5.30. The number of aryl methyl sites for hydroxylation is 2. The Bertz CT molecular complexity index is 340. The highest BCUT2D eigenvalue weighted by atomic mass is 79.9. The summed E-state index contributed by atoms with van der Waals surface area (Å²) < 4.78 is 7.04. The Morgan fingerprint density at radius 1 is 1.25 bits per heavy atom. The van der Waals surface area contributed by atoms with Gasteiger partial charge in [-0.25, -0.2) is 0 Å². The first-order valence-corrected chi connectivity index (χ1v) is 6.38. The summed E-state index contributed by atoms with van der Waals surface area (Å²) in [6.07, 6.45) is 0.0833. The molecule has 0 aliphatic carbocycles. The second-order valence-electron chi connectivity index (χ2n) is 4.51. The lowest BCUT2D eigenvalue weighted by Crippen LogP contribution is -2.31. The van der Waals surface area contributed by atoms with E-state index >= 15 is 0 Å². The molecule has 0 aliphatic rings. The van der Waals surface area contributed by atoms with E-state index in [-0.39, 0.29) is 6.10 Å². The van der Waals surface area contributed by atoms with Gasteiger partial charge in [0, 0.05) is 11.0 Å². The van der Waals surface area contributed by atoms with E-state index in [9.17, 15) is 0 Å². The van der Waals surface area contributed by atoms with Gasteiger partial charge in [-0.2, -0.15) is 0 Å². The molecule has 0 saturated heterocycles. The van der Waals surface area contributed by atoms with Crippen molar-refractivity contribution in [2.45, 2.75) is 33.8 Å². The van der Waals surface area contributed by atoms with Crippen LogP contribution in [-0.2, 0) is 0 Å². The van der Waals surface area contributed by atoms with Crippen molar-refractivity contribution in [3.05, 3.63) is 27.7 Å². The minimum absolute atomic E-state index is 0.0833. The summed E-state index contributed by atoms with van der Waals surface area (Å²) in [5, 5.41) is 0. The van der Waals surface area contributed by atoms with Crippen LogP contribution < -0.4 is 10.5 Å². The van der Waals surface area contributed by atoms with Gasteiger partial charge < -0.3 is 10.5 Å². The zero-order chi connectivity index (χ0) is 12.3. The van der Waals surface area contributed by atoms with Crippen LogP contribution in [0.5, 0.6) is 5.75 Å². The fourth-order valence-corrected chi connectivity index (χ4v) is 1.83. The number of ether oxygens (including phenoxy) is 1. The maximum atomic E-state index is 5.90. The summed E-state index contributed by atoms with van der Waals surface area (Å²) >= 11 is 3.55. The van der Waals surface area contributed by atoms with Gasteiger partial charge in [0.15, 0.2) is 0 Å². The topological polar surface area (TPSA) is 35.2 Å². The van der Waals surface area contributed by atoms with Crippen molar-refractivity contribution in [1.29, 1.82) is 0 Å². The predicted octanol–water partition coefficient (Wildman–Crippen LogP) is 3.43. The largest absolute Gasteiger partial charge is 0.489 e. The molecule has 1 aromatic carbocycles. The summed E-state index contributed by atoms with van der Waals surface area (Å²) in [6, 6.07) is 4.09. The molecule has 2 nitrogen and oxygen atoms in total. The monoisotopic (exact) mass is 285 g/mol. The van der Waals surface area contributed by atoms with Crippen LogP contribution in [0, 0.1) is 19.8 Å². The molecule has 0 heterocycles. The lowest BCUT2D eigenvalue weighted by Gasteiger charge is -2.21. The Balaban J connectivity index is 2.89. The van der Waals surface area contributed by atoms with E-state index in [1.807, 2.05) is 12.1 Å². The normalized spacial score (nSPS) is 12.9. The molecule has 1 atom stereocenters. The molecule has 0 aromatic heterocycles. The van der Waals surface area contributed by atoms with Gasteiger partial charge in [0.1, 0.15) is 11.9 Å². The van der Waals surface area contributed by atoms with Crippen LogP contribution in [0.15, 0.2) is 16.6 Å². The third-order valence-corrected chi connectivity index (χ3v) is 3.92. The Kier molecular flexibility index (Phi) is 4.81. The standard InChI is InChI=1S/C13H20BrNO/c1-8(2)12(7-15)16-11-5-9(3)13(14)10(4)6-11/h5-6,8,12H,7,15H2,1-4H3. The van der Waals surface area contributed by atoms with E-state index in [2.05, 4.69) is 43.6 Å². The van der Waals surface area contributed by atoms with Gasteiger partial charge in [-0.1, -0.05) is 29.8 Å². The molecule has 90 valence electrons. The third kappa shape index (κ3) is 3.22. The number of benzene rings is 1. The molecule has 0 fully saturated rings. The number of rotatable bonds is 4. The minimum Gasteiger partial charge on any atom is -0.489 e. The van der Waals surface area contributed by atoms with Gasteiger partial charge in [0.25, 0.3) is 0 Å². The lowest BCUT2D eigenvalue weighted by molar-refractivity contribution is 0.159. The molecule has 0 radical (unpaired) electrons. The van der Waals surface area contributed by atoms with Gasteiger partial charge in [-0.15, -0.1) is 0 Å². The van der Waals surface area contributed by atoms with E-state index in [1.54, 1.807) is 0 Å². The van der Waals surface area contributed by atoms with Gasteiger partial charge in [0.2, 0.25) is 0 Å². The van der Waals surface area contributed by atoms with E-state index in [4.69, 9.17) is 10.5 Å². The fourth-order valence-electron chi connectivity index (χ4n) is 1.61. The molecule has 0 amide bonds. The van der Waals surface area contributed by atoms with Crippen LogP contribution in [0.4, 0.5) is 0 Å². The van der Waals surface area contributed by atoms with Gasteiger partial charge in [-0.3, -0.25) is 0 Å². The first kappa shape index (κ1) is 13.5. The molecule has 0 spiro atoms. The third-order valence-electron chi connectivity index (χ3n) is 2.67. The van der Waals surface area contributed by atoms with E-state index in [0.717, 1.165) is 10.2 Å². The molecule has 1 rings (SSSR count). The highest BCUT2D eigenvalue weighted by Gasteiger charge is 2.14. The van der Waals surface area contributed by atoms with Crippen LogP contribution in [0.25, 0.3) is 0 Å². The van der Waals surface area contributed by atoms with Gasteiger partial charge in [0.05, 0.1) is 0 Å². The highest BCUT2D eigenvalue weighted by Crippen LogP contribution is 2.27. The van der Waals surface area contributed by atoms with Crippen molar-refractivity contribution in [1.82, 2.24) is 0 Å². The van der Waals surface area contributed by atoms with Gasteiger partial charge in [-0.05, 0) is 43.0 Å². The highest BCUT2D eigenvalue weighted by molar-refractivity contribution is 9.10. The van der Waals surface area contributed by atoms with Gasteiger partial charge >= 0.3 is 0 Å². The molecule has 3 heteroatoms. The number of halogens is 1. The SMILES string of the molecule is Cc1cc(OC(CN)C(C)C)cc(C)c1Br. The fraction of sp³-hybridized carbons (Fsp3) is 0.538. The number of nitrogens with two attached hydrogens (primary N) is 1. The van der Waals surface area contributed by atoms with Crippen molar-refractivity contribution in [2.75, 3.05) is 6.54 Å². The molecule has 16 heavy (non-hydrogen) atoms. The van der Waals surface area contributed by atoms with Crippen LogP contribution in [0.3, 0.4) is 0 Å². The first-order valence-electron chi connectivity index (χ1n) is 5.59. The summed E-state index contributed by atoms with van der Waals surface area (Å²) in [5.74, 6) is 1.33. The first-order chi connectivity index (χ1) is 7.45. The van der Waals surface area contributed by atoms with E-state index in [0.29, 0.717) is 12.5 Å². The van der Waals surface area contributed by atoms with Crippen molar-refractivity contribution < 1.29 is 4.74 Å².